The fourth-order valence-corrected chi connectivity index (χ4v) is 4.02. The zero-order chi connectivity index (χ0) is 22.9. The number of hydrogen-bond donors (Lipinski definition) is 2. The summed E-state index contributed by atoms with van der Waals surface area (Å²) in [5.74, 6) is -0.261. The first-order chi connectivity index (χ1) is 16.0. The van der Waals surface area contributed by atoms with Gasteiger partial charge < -0.3 is 4.98 Å². The number of nitrogens with zero attached hydrogens (tertiary/aromatic N) is 3. The molecular weight excluding hydrogens is 413 g/mol. The molecule has 5 nitrogen and oxygen atoms in total. The molecule has 0 aliphatic heterocycles. The summed E-state index contributed by atoms with van der Waals surface area (Å²) in [6.45, 7) is 8.28. The van der Waals surface area contributed by atoms with Crippen LogP contribution in [0.5, 0.6) is 0 Å². The van der Waals surface area contributed by atoms with E-state index in [-0.39, 0.29) is 5.82 Å². The highest BCUT2D eigenvalue weighted by Crippen LogP contribution is 2.30. The smallest absolute Gasteiger partial charge is 0.138 e. The zero-order valence-electron chi connectivity index (χ0n) is 18.4. The van der Waals surface area contributed by atoms with Gasteiger partial charge in [0, 0.05) is 34.8 Å². The van der Waals surface area contributed by atoms with Gasteiger partial charge in [0.1, 0.15) is 17.2 Å². The summed E-state index contributed by atoms with van der Waals surface area (Å²) < 4.78 is 13.4. The van der Waals surface area contributed by atoms with E-state index in [0.717, 1.165) is 60.8 Å². The van der Waals surface area contributed by atoms with E-state index < -0.39 is 0 Å². The van der Waals surface area contributed by atoms with Gasteiger partial charge in [-0.1, -0.05) is 24.8 Å². The summed E-state index contributed by atoms with van der Waals surface area (Å²) in [4.78, 5) is 12.1. The molecule has 0 saturated heterocycles. The van der Waals surface area contributed by atoms with Crippen LogP contribution in [0.15, 0.2) is 67.6 Å². The summed E-state index contributed by atoms with van der Waals surface area (Å²) in [5, 5.41) is 10.5. The van der Waals surface area contributed by atoms with Crippen molar-refractivity contribution >= 4 is 28.8 Å². The standard InChI is InChI=1S/C27H22FN5/c1-4-24-22(13-17(3)23-15-29-11-9-16(23)2)26(33-32-24)25-14-21-20(10-12-30-27(21)31-25)18-5-7-19(28)8-6-18/h4-15,32H,3H2,1-2H3,(H,30,31)/b22-13+,24-4+. The van der Waals surface area contributed by atoms with Crippen LogP contribution >= 0.6 is 0 Å². The van der Waals surface area contributed by atoms with Gasteiger partial charge >= 0.3 is 0 Å². The zero-order valence-corrected chi connectivity index (χ0v) is 18.4. The Morgan fingerprint density at radius 3 is 2.67 bits per heavy atom. The normalized spacial score (nSPS) is 12.6. The predicted molar refractivity (Wildman–Crippen MR) is 131 cm³/mol. The Bertz CT molecular complexity index is 1610. The van der Waals surface area contributed by atoms with Crippen LogP contribution in [0.4, 0.5) is 4.39 Å². The highest BCUT2D eigenvalue weighted by Gasteiger charge is 2.13. The van der Waals surface area contributed by atoms with Gasteiger partial charge in [-0.15, -0.1) is 0 Å². The molecule has 0 unspecified atom stereocenters. The summed E-state index contributed by atoms with van der Waals surface area (Å²) >= 11 is 0. The van der Waals surface area contributed by atoms with Crippen molar-refractivity contribution in [2.24, 2.45) is 0 Å². The summed E-state index contributed by atoms with van der Waals surface area (Å²) in [5.41, 5.74) is 7.19. The molecule has 0 bridgehead atoms. The lowest BCUT2D eigenvalue weighted by Crippen LogP contribution is -2.23. The van der Waals surface area contributed by atoms with Crippen molar-refractivity contribution in [3.63, 3.8) is 0 Å². The molecule has 0 radical (unpaired) electrons. The number of aromatic nitrogens is 5. The lowest BCUT2D eigenvalue weighted by atomic mass is 10.0. The van der Waals surface area contributed by atoms with Gasteiger partial charge in [0.05, 0.1) is 11.0 Å². The van der Waals surface area contributed by atoms with Crippen LogP contribution in [0, 0.1) is 12.7 Å². The van der Waals surface area contributed by atoms with Crippen LogP contribution in [0.3, 0.4) is 0 Å². The number of H-pyrrole nitrogens is 2. The van der Waals surface area contributed by atoms with Crippen molar-refractivity contribution in [2.45, 2.75) is 13.8 Å². The fraction of sp³-hybridized carbons (Fsp3) is 0.0741. The summed E-state index contributed by atoms with van der Waals surface area (Å²) in [6.07, 6.45) is 9.35. The Kier molecular flexibility index (Phi) is 5.18. The topological polar surface area (TPSA) is 70.2 Å². The van der Waals surface area contributed by atoms with Gasteiger partial charge in [-0.2, -0.15) is 5.10 Å². The molecule has 0 saturated carbocycles. The van der Waals surface area contributed by atoms with Crippen molar-refractivity contribution in [3.8, 4) is 22.5 Å². The lowest BCUT2D eigenvalue weighted by Gasteiger charge is -2.03. The molecule has 0 fully saturated rings. The molecule has 0 aliphatic rings. The molecule has 2 N–H and O–H groups in total. The molecule has 0 atom stereocenters. The average Bonchev–Trinajstić information content (AvgIpc) is 3.43. The van der Waals surface area contributed by atoms with Gasteiger partial charge in [-0.05, 0) is 72.5 Å². The Balaban J connectivity index is 1.67. The van der Waals surface area contributed by atoms with E-state index in [1.807, 2.05) is 50.4 Å². The van der Waals surface area contributed by atoms with E-state index in [2.05, 4.69) is 31.7 Å². The van der Waals surface area contributed by atoms with Crippen LogP contribution in [0.2, 0.25) is 0 Å². The minimum atomic E-state index is -0.261. The maximum atomic E-state index is 13.4. The molecule has 0 aliphatic carbocycles. The second-order valence-corrected chi connectivity index (χ2v) is 7.86. The number of pyridine rings is 2. The maximum absolute atomic E-state index is 13.4. The molecule has 5 aromatic rings. The Labute approximate surface area is 190 Å². The predicted octanol–water partition coefficient (Wildman–Crippen LogP) is 4.76. The molecular formula is C27H22FN5. The second-order valence-electron chi connectivity index (χ2n) is 7.86. The average molecular weight is 436 g/mol. The van der Waals surface area contributed by atoms with Gasteiger partial charge in [0.15, 0.2) is 0 Å². The molecule has 0 amide bonds. The number of halogens is 1. The quantitative estimate of drug-likeness (QED) is 0.428. The number of rotatable bonds is 4. The van der Waals surface area contributed by atoms with Gasteiger partial charge in [-0.25, -0.2) is 9.37 Å². The number of aromatic amines is 2. The highest BCUT2D eigenvalue weighted by atomic mass is 19.1. The number of hydrogen-bond acceptors (Lipinski definition) is 3. The lowest BCUT2D eigenvalue weighted by molar-refractivity contribution is 0.628. The Morgan fingerprint density at radius 2 is 1.91 bits per heavy atom. The van der Waals surface area contributed by atoms with Gasteiger partial charge in [-0.3, -0.25) is 10.1 Å². The monoisotopic (exact) mass is 435 g/mol. The van der Waals surface area contributed by atoms with Crippen molar-refractivity contribution in [1.29, 1.82) is 0 Å². The van der Waals surface area contributed by atoms with E-state index in [1.54, 1.807) is 24.5 Å². The third-order valence-corrected chi connectivity index (χ3v) is 5.77. The van der Waals surface area contributed by atoms with Crippen LogP contribution in [0.25, 0.3) is 51.3 Å². The number of benzene rings is 1. The Hall–Kier alpha value is -4.32. The van der Waals surface area contributed by atoms with Crippen molar-refractivity contribution in [3.05, 3.63) is 95.1 Å². The fourth-order valence-electron chi connectivity index (χ4n) is 4.02. The van der Waals surface area contributed by atoms with Crippen LogP contribution in [-0.4, -0.2) is 25.1 Å². The van der Waals surface area contributed by atoms with Crippen molar-refractivity contribution in [1.82, 2.24) is 25.1 Å². The summed E-state index contributed by atoms with van der Waals surface area (Å²) in [7, 11) is 0. The van der Waals surface area contributed by atoms with Crippen molar-refractivity contribution < 1.29 is 4.39 Å². The largest absolute Gasteiger partial charge is 0.338 e. The van der Waals surface area contributed by atoms with E-state index in [0.29, 0.717) is 0 Å². The molecule has 1 aromatic carbocycles. The maximum Gasteiger partial charge on any atom is 0.138 e. The molecule has 0 spiro atoms. The number of nitrogens with one attached hydrogen (secondary N) is 2. The van der Waals surface area contributed by atoms with E-state index in [9.17, 15) is 4.39 Å². The molecule has 5 rings (SSSR count). The van der Waals surface area contributed by atoms with Crippen LogP contribution in [-0.2, 0) is 0 Å². The number of aryl methyl sites for hydroxylation is 1. The first kappa shape index (κ1) is 20.6. The molecule has 162 valence electrons. The third kappa shape index (κ3) is 3.76. The minimum Gasteiger partial charge on any atom is -0.338 e. The molecule has 4 aromatic heterocycles. The van der Waals surface area contributed by atoms with E-state index in [4.69, 9.17) is 0 Å². The Morgan fingerprint density at radius 1 is 1.09 bits per heavy atom. The third-order valence-electron chi connectivity index (χ3n) is 5.77. The molecule has 6 heteroatoms. The summed E-state index contributed by atoms with van der Waals surface area (Å²) in [6, 6.07) is 12.4. The number of fused-ring (bicyclic) bond motifs is 1. The van der Waals surface area contributed by atoms with Crippen LogP contribution < -0.4 is 10.6 Å². The second kappa shape index (κ2) is 8.31. The van der Waals surface area contributed by atoms with Gasteiger partial charge in [0.2, 0.25) is 0 Å². The molecule has 4 heterocycles. The molecule has 33 heavy (non-hydrogen) atoms. The van der Waals surface area contributed by atoms with E-state index in [1.165, 1.54) is 12.1 Å². The van der Waals surface area contributed by atoms with E-state index >= 15 is 0 Å². The number of allylic oxidation sites excluding steroid dienone is 1. The van der Waals surface area contributed by atoms with Crippen molar-refractivity contribution in [2.75, 3.05) is 0 Å². The first-order valence-corrected chi connectivity index (χ1v) is 10.6. The minimum absolute atomic E-state index is 0.261. The van der Waals surface area contributed by atoms with Crippen LogP contribution in [0.1, 0.15) is 18.1 Å². The van der Waals surface area contributed by atoms with Gasteiger partial charge in [0.25, 0.3) is 0 Å². The SMILES string of the molecule is C=C(/C=c1/c(-c2cc3c(-c4ccc(F)cc4)ccnc3[nH]2)n[nH]/c1=C/C)c1cnccc1C. The first-order valence-electron chi connectivity index (χ1n) is 10.6. The highest BCUT2D eigenvalue weighted by molar-refractivity contribution is 5.96.